The van der Waals surface area contributed by atoms with Crippen molar-refractivity contribution < 1.29 is 19.2 Å². The summed E-state index contributed by atoms with van der Waals surface area (Å²) in [5.74, 6) is -0.407. The number of carboxylic acids is 1. The summed E-state index contributed by atoms with van der Waals surface area (Å²) in [5, 5.41) is 15.6. The van der Waals surface area contributed by atoms with Crippen LogP contribution < -0.4 is 11.1 Å². The third-order valence-electron chi connectivity index (χ3n) is 4.30. The Kier molecular flexibility index (Phi) is 5.47. The minimum absolute atomic E-state index is 0.0206. The molecule has 0 aliphatic carbocycles. The first-order chi connectivity index (χ1) is 12.5. The molecule has 2 amide bonds. The fourth-order valence-corrected chi connectivity index (χ4v) is 2.97. The van der Waals surface area contributed by atoms with Gasteiger partial charge in [-0.05, 0) is 24.8 Å². The van der Waals surface area contributed by atoms with Crippen LogP contribution in [0.2, 0.25) is 0 Å². The molecule has 1 saturated heterocycles. The Hall–Kier alpha value is -2.94. The fraction of sp³-hybridized carbons (Fsp3) is 0.412. The van der Waals surface area contributed by atoms with E-state index in [2.05, 4.69) is 15.5 Å². The first-order valence-electron chi connectivity index (χ1n) is 8.44. The number of likely N-dealkylation sites (tertiary alicyclic amines) is 1. The summed E-state index contributed by atoms with van der Waals surface area (Å²) in [6.45, 7) is 0.437. The molecule has 2 atom stereocenters. The molecule has 0 bridgehead atoms. The standard InChI is InChI=1S/C17H21N5O4/c18-12(9-11-5-2-1-3-6-11)15-20-14(26-21-15)10-19-17(25)22-8-4-7-13(22)16(23)24/h1-3,5-6,12-13H,4,7-10,18H2,(H,19,25)(H,23,24)/t12-,13?/m0/s1. The number of hydrogen-bond donors (Lipinski definition) is 3. The third-order valence-corrected chi connectivity index (χ3v) is 4.30. The van der Waals surface area contributed by atoms with Gasteiger partial charge in [0.15, 0.2) is 5.82 Å². The second kappa shape index (κ2) is 7.96. The number of carbonyl (C=O) groups excluding carboxylic acids is 1. The van der Waals surface area contributed by atoms with Crippen molar-refractivity contribution in [3.8, 4) is 0 Å². The summed E-state index contributed by atoms with van der Waals surface area (Å²) in [7, 11) is 0. The minimum Gasteiger partial charge on any atom is -0.480 e. The predicted molar refractivity (Wildman–Crippen MR) is 91.0 cm³/mol. The lowest BCUT2D eigenvalue weighted by Crippen LogP contribution is -2.45. The van der Waals surface area contributed by atoms with E-state index in [1.54, 1.807) is 0 Å². The second-order valence-electron chi connectivity index (χ2n) is 6.19. The van der Waals surface area contributed by atoms with Crippen LogP contribution in [0.3, 0.4) is 0 Å². The van der Waals surface area contributed by atoms with Gasteiger partial charge in [0.1, 0.15) is 6.04 Å². The fourth-order valence-electron chi connectivity index (χ4n) is 2.97. The van der Waals surface area contributed by atoms with E-state index in [-0.39, 0.29) is 12.4 Å². The predicted octanol–water partition coefficient (Wildman–Crippen LogP) is 1.07. The molecule has 0 radical (unpaired) electrons. The van der Waals surface area contributed by atoms with Crippen LogP contribution in [0.15, 0.2) is 34.9 Å². The van der Waals surface area contributed by atoms with Crippen LogP contribution in [0.5, 0.6) is 0 Å². The maximum Gasteiger partial charge on any atom is 0.326 e. The molecule has 26 heavy (non-hydrogen) atoms. The Morgan fingerprint density at radius 2 is 2.15 bits per heavy atom. The number of carboxylic acid groups (broad SMARTS) is 1. The van der Waals surface area contributed by atoms with Crippen molar-refractivity contribution in [1.82, 2.24) is 20.4 Å². The van der Waals surface area contributed by atoms with Crippen LogP contribution in [0.1, 0.15) is 36.2 Å². The zero-order valence-corrected chi connectivity index (χ0v) is 14.2. The molecule has 0 spiro atoms. The van der Waals surface area contributed by atoms with Gasteiger partial charge < -0.3 is 25.6 Å². The minimum atomic E-state index is -0.996. The van der Waals surface area contributed by atoms with Crippen LogP contribution in [-0.2, 0) is 17.8 Å². The summed E-state index contributed by atoms with van der Waals surface area (Å²) in [6.07, 6.45) is 1.70. The Balaban J connectivity index is 1.53. The molecule has 9 nitrogen and oxygen atoms in total. The lowest BCUT2D eigenvalue weighted by atomic mass is 10.1. The molecule has 3 rings (SSSR count). The number of aliphatic carboxylic acids is 1. The molecular formula is C17H21N5O4. The SMILES string of the molecule is N[C@@H](Cc1ccccc1)c1noc(CNC(=O)N2CCCC2C(=O)O)n1. The Labute approximate surface area is 150 Å². The summed E-state index contributed by atoms with van der Waals surface area (Å²) in [4.78, 5) is 28.8. The van der Waals surface area contributed by atoms with Gasteiger partial charge in [-0.3, -0.25) is 0 Å². The van der Waals surface area contributed by atoms with Gasteiger partial charge in [-0.25, -0.2) is 9.59 Å². The van der Waals surface area contributed by atoms with E-state index in [0.29, 0.717) is 31.6 Å². The smallest absolute Gasteiger partial charge is 0.326 e. The summed E-state index contributed by atoms with van der Waals surface area (Å²) >= 11 is 0. The van der Waals surface area contributed by atoms with Gasteiger partial charge in [-0.15, -0.1) is 0 Å². The van der Waals surface area contributed by atoms with Gasteiger partial charge in [0.2, 0.25) is 5.89 Å². The van der Waals surface area contributed by atoms with Crippen molar-refractivity contribution >= 4 is 12.0 Å². The van der Waals surface area contributed by atoms with Crippen LogP contribution in [0.4, 0.5) is 4.79 Å². The molecule has 4 N–H and O–H groups in total. The monoisotopic (exact) mass is 359 g/mol. The largest absolute Gasteiger partial charge is 0.480 e. The van der Waals surface area contributed by atoms with E-state index in [1.165, 1.54) is 4.90 Å². The number of nitrogens with one attached hydrogen (secondary N) is 1. The van der Waals surface area contributed by atoms with E-state index in [4.69, 9.17) is 15.4 Å². The van der Waals surface area contributed by atoms with Crippen molar-refractivity contribution in [1.29, 1.82) is 0 Å². The molecule has 1 aliphatic rings. The number of aromatic nitrogens is 2. The number of nitrogens with zero attached hydrogens (tertiary/aromatic N) is 3. The maximum absolute atomic E-state index is 12.2. The Morgan fingerprint density at radius 1 is 1.38 bits per heavy atom. The molecular weight excluding hydrogens is 338 g/mol. The van der Waals surface area contributed by atoms with E-state index in [0.717, 1.165) is 5.56 Å². The summed E-state index contributed by atoms with van der Waals surface area (Å²) < 4.78 is 5.12. The number of hydrogen-bond acceptors (Lipinski definition) is 6. The van der Waals surface area contributed by atoms with Gasteiger partial charge in [0.05, 0.1) is 12.6 Å². The average molecular weight is 359 g/mol. The number of urea groups is 1. The first-order valence-corrected chi connectivity index (χ1v) is 8.44. The van der Waals surface area contributed by atoms with E-state index in [1.807, 2.05) is 30.3 Å². The lowest BCUT2D eigenvalue weighted by molar-refractivity contribution is -0.141. The van der Waals surface area contributed by atoms with E-state index >= 15 is 0 Å². The van der Waals surface area contributed by atoms with Gasteiger partial charge in [-0.1, -0.05) is 35.5 Å². The van der Waals surface area contributed by atoms with Crippen molar-refractivity contribution in [2.45, 2.75) is 37.9 Å². The molecule has 9 heteroatoms. The molecule has 2 heterocycles. The van der Waals surface area contributed by atoms with Gasteiger partial charge in [0.25, 0.3) is 0 Å². The Morgan fingerprint density at radius 3 is 2.88 bits per heavy atom. The highest BCUT2D eigenvalue weighted by Gasteiger charge is 2.34. The molecule has 1 aliphatic heterocycles. The molecule has 2 aromatic rings. The summed E-state index contributed by atoms with van der Waals surface area (Å²) in [6, 6.07) is 8.08. The van der Waals surface area contributed by atoms with Gasteiger partial charge >= 0.3 is 12.0 Å². The number of nitrogens with two attached hydrogens (primary N) is 1. The molecule has 0 saturated carbocycles. The van der Waals surface area contributed by atoms with Crippen molar-refractivity contribution in [2.24, 2.45) is 5.73 Å². The van der Waals surface area contributed by atoms with Gasteiger partial charge in [-0.2, -0.15) is 4.98 Å². The number of carbonyl (C=O) groups is 2. The molecule has 138 valence electrons. The molecule has 1 aromatic heterocycles. The zero-order valence-electron chi connectivity index (χ0n) is 14.2. The highest BCUT2D eigenvalue weighted by Crippen LogP contribution is 2.17. The van der Waals surface area contributed by atoms with Crippen LogP contribution in [-0.4, -0.2) is 44.7 Å². The number of benzene rings is 1. The second-order valence-corrected chi connectivity index (χ2v) is 6.19. The number of rotatable bonds is 6. The topological polar surface area (TPSA) is 135 Å². The molecule has 1 unspecified atom stereocenters. The molecule has 1 aromatic carbocycles. The Bertz CT molecular complexity index is 764. The molecule has 1 fully saturated rings. The summed E-state index contributed by atoms with van der Waals surface area (Å²) in [5.41, 5.74) is 7.16. The normalized spacial score (nSPS) is 17.9. The number of amides is 2. The zero-order chi connectivity index (χ0) is 18.5. The van der Waals surface area contributed by atoms with E-state index in [9.17, 15) is 9.59 Å². The quantitative estimate of drug-likeness (QED) is 0.702. The van der Waals surface area contributed by atoms with E-state index < -0.39 is 24.1 Å². The van der Waals surface area contributed by atoms with Crippen LogP contribution >= 0.6 is 0 Å². The highest BCUT2D eigenvalue weighted by molar-refractivity contribution is 5.83. The average Bonchev–Trinajstić information content (AvgIpc) is 3.30. The highest BCUT2D eigenvalue weighted by atomic mass is 16.5. The third kappa shape index (κ3) is 4.17. The van der Waals surface area contributed by atoms with Crippen LogP contribution in [0, 0.1) is 0 Å². The van der Waals surface area contributed by atoms with Gasteiger partial charge in [0, 0.05) is 6.54 Å². The van der Waals surface area contributed by atoms with Crippen LogP contribution in [0.25, 0.3) is 0 Å². The van der Waals surface area contributed by atoms with Crippen molar-refractivity contribution in [3.05, 3.63) is 47.6 Å². The van der Waals surface area contributed by atoms with Crippen molar-refractivity contribution in [3.63, 3.8) is 0 Å². The lowest BCUT2D eigenvalue weighted by Gasteiger charge is -2.21. The maximum atomic E-state index is 12.2. The first kappa shape index (κ1) is 17.9. The van der Waals surface area contributed by atoms with Crippen molar-refractivity contribution in [2.75, 3.05) is 6.54 Å².